The smallest absolute Gasteiger partial charge is 0.318 e. The van der Waals surface area contributed by atoms with Gasteiger partial charge in [-0.2, -0.15) is 0 Å². The van der Waals surface area contributed by atoms with Gasteiger partial charge in [0.2, 0.25) is 0 Å². The van der Waals surface area contributed by atoms with Gasteiger partial charge in [-0.3, -0.25) is 9.36 Å². The van der Waals surface area contributed by atoms with Crippen molar-refractivity contribution in [2.24, 2.45) is 5.92 Å². The number of carbonyl (C=O) groups excluding carboxylic acids is 1. The maximum absolute atomic E-state index is 13.8. The largest absolute Gasteiger partial charge is 0.335 e. The van der Waals surface area contributed by atoms with Crippen molar-refractivity contribution < 1.29 is 4.79 Å². The molecule has 1 unspecified atom stereocenters. The molecule has 0 bridgehead atoms. The first kappa shape index (κ1) is 25.9. The van der Waals surface area contributed by atoms with Gasteiger partial charge in [-0.05, 0) is 81.3 Å². The molecular weight excluding hydrogens is 448 g/mol. The van der Waals surface area contributed by atoms with Crippen LogP contribution in [0.15, 0.2) is 47.3 Å². The third-order valence-corrected chi connectivity index (χ3v) is 7.53. The SMILES string of the molecule is Cc1ccc(-n2c(C(C)N(CCC(C)C)C(=O)NC3CCCCC3)nc3ccccc3c2=O)cc1C. The third-order valence-electron chi connectivity index (χ3n) is 7.53. The second-order valence-electron chi connectivity index (χ2n) is 10.7. The minimum atomic E-state index is -0.383. The van der Waals surface area contributed by atoms with Crippen LogP contribution in [0.5, 0.6) is 0 Å². The molecule has 2 aromatic carbocycles. The van der Waals surface area contributed by atoms with E-state index in [0.29, 0.717) is 29.2 Å². The standard InChI is InChI=1S/C30H40N4O2/c1-20(2)17-18-33(30(36)31-24-11-7-6-8-12-24)23(5)28-32-27-14-10-9-13-26(27)29(35)34(28)25-16-15-21(3)22(4)19-25/h9-10,13-16,19-20,23-24H,6-8,11-12,17-18H2,1-5H3,(H,31,36). The summed E-state index contributed by atoms with van der Waals surface area (Å²) in [5, 5.41) is 3.87. The molecule has 2 amide bonds. The first-order valence-electron chi connectivity index (χ1n) is 13.4. The molecule has 0 saturated heterocycles. The Labute approximate surface area is 214 Å². The van der Waals surface area contributed by atoms with E-state index in [2.05, 4.69) is 26.1 Å². The lowest BCUT2D eigenvalue weighted by atomic mass is 9.96. The minimum Gasteiger partial charge on any atom is -0.335 e. The van der Waals surface area contributed by atoms with Crippen LogP contribution in [-0.2, 0) is 0 Å². The fourth-order valence-corrected chi connectivity index (χ4v) is 5.06. The van der Waals surface area contributed by atoms with Crippen LogP contribution in [0.25, 0.3) is 16.6 Å². The molecule has 0 aliphatic heterocycles. The Hall–Kier alpha value is -3.15. The fraction of sp³-hybridized carbons (Fsp3) is 0.500. The van der Waals surface area contributed by atoms with E-state index in [1.165, 1.54) is 12.0 Å². The molecule has 4 rings (SSSR count). The highest BCUT2D eigenvalue weighted by Gasteiger charge is 2.28. The number of carbonyl (C=O) groups is 1. The molecule has 3 aromatic rings. The van der Waals surface area contributed by atoms with Crippen molar-refractivity contribution in [3.8, 4) is 5.69 Å². The molecule has 0 spiro atoms. The number of nitrogens with one attached hydrogen (secondary N) is 1. The highest BCUT2D eigenvalue weighted by molar-refractivity contribution is 5.78. The topological polar surface area (TPSA) is 67.2 Å². The molecule has 1 aliphatic carbocycles. The van der Waals surface area contributed by atoms with Gasteiger partial charge < -0.3 is 10.2 Å². The van der Waals surface area contributed by atoms with Crippen molar-refractivity contribution >= 4 is 16.9 Å². The maximum atomic E-state index is 13.8. The van der Waals surface area contributed by atoms with Crippen molar-refractivity contribution in [2.75, 3.05) is 6.54 Å². The van der Waals surface area contributed by atoms with Gasteiger partial charge >= 0.3 is 6.03 Å². The van der Waals surface area contributed by atoms with Gasteiger partial charge in [-0.25, -0.2) is 9.78 Å². The van der Waals surface area contributed by atoms with Crippen molar-refractivity contribution in [1.82, 2.24) is 19.8 Å². The molecular formula is C30H40N4O2. The van der Waals surface area contributed by atoms with E-state index in [4.69, 9.17) is 4.98 Å². The Balaban J connectivity index is 1.81. The van der Waals surface area contributed by atoms with E-state index >= 15 is 0 Å². The number of hydrogen-bond donors (Lipinski definition) is 1. The molecule has 0 radical (unpaired) electrons. The van der Waals surface area contributed by atoms with Gasteiger partial charge in [-0.15, -0.1) is 0 Å². The number of nitrogens with zero attached hydrogens (tertiary/aromatic N) is 3. The van der Waals surface area contributed by atoms with Crippen LogP contribution in [0.2, 0.25) is 0 Å². The van der Waals surface area contributed by atoms with Gasteiger partial charge in [0.15, 0.2) is 0 Å². The zero-order valence-electron chi connectivity index (χ0n) is 22.4. The highest BCUT2D eigenvalue weighted by atomic mass is 16.2. The number of hydrogen-bond acceptors (Lipinski definition) is 3. The van der Waals surface area contributed by atoms with Crippen LogP contribution in [0.4, 0.5) is 4.79 Å². The number of urea groups is 1. The van der Waals surface area contributed by atoms with Crippen molar-refractivity contribution in [3.63, 3.8) is 0 Å². The zero-order chi connectivity index (χ0) is 25.8. The molecule has 1 aromatic heterocycles. The highest BCUT2D eigenvalue weighted by Crippen LogP contribution is 2.26. The Bertz CT molecular complexity index is 1270. The lowest BCUT2D eigenvalue weighted by molar-refractivity contribution is 0.165. The summed E-state index contributed by atoms with van der Waals surface area (Å²) in [5.41, 5.74) is 3.60. The fourth-order valence-electron chi connectivity index (χ4n) is 5.06. The second kappa shape index (κ2) is 11.3. The molecule has 1 N–H and O–H groups in total. The first-order chi connectivity index (χ1) is 17.3. The summed E-state index contributed by atoms with van der Waals surface area (Å²) in [7, 11) is 0. The number of benzene rings is 2. The Morgan fingerprint density at radius 3 is 2.47 bits per heavy atom. The molecule has 6 nitrogen and oxygen atoms in total. The van der Waals surface area contributed by atoms with Crippen LogP contribution in [-0.4, -0.2) is 33.1 Å². The van der Waals surface area contributed by atoms with Crippen molar-refractivity contribution in [1.29, 1.82) is 0 Å². The quantitative estimate of drug-likeness (QED) is 0.415. The Morgan fingerprint density at radius 2 is 1.78 bits per heavy atom. The predicted molar refractivity (Wildman–Crippen MR) is 147 cm³/mol. The number of amides is 2. The van der Waals surface area contributed by atoms with Gasteiger partial charge in [0, 0.05) is 12.6 Å². The normalized spacial score (nSPS) is 15.3. The predicted octanol–water partition coefficient (Wildman–Crippen LogP) is 6.45. The molecule has 36 heavy (non-hydrogen) atoms. The summed E-state index contributed by atoms with van der Waals surface area (Å²) in [6.45, 7) is 11.0. The van der Waals surface area contributed by atoms with Gasteiger partial charge in [0.1, 0.15) is 5.82 Å². The number of aromatic nitrogens is 2. The van der Waals surface area contributed by atoms with Crippen LogP contribution >= 0.6 is 0 Å². The van der Waals surface area contributed by atoms with Gasteiger partial charge in [0.25, 0.3) is 5.56 Å². The van der Waals surface area contributed by atoms with Gasteiger partial charge in [-0.1, -0.05) is 51.3 Å². The summed E-state index contributed by atoms with van der Waals surface area (Å²) in [4.78, 5) is 34.3. The minimum absolute atomic E-state index is 0.0657. The molecule has 1 atom stereocenters. The summed E-state index contributed by atoms with van der Waals surface area (Å²) >= 11 is 0. The maximum Gasteiger partial charge on any atom is 0.318 e. The van der Waals surface area contributed by atoms with Crippen LogP contribution < -0.4 is 10.9 Å². The average molecular weight is 489 g/mol. The summed E-state index contributed by atoms with van der Waals surface area (Å²) in [6, 6.07) is 13.3. The lowest BCUT2D eigenvalue weighted by Crippen LogP contribution is -2.48. The first-order valence-corrected chi connectivity index (χ1v) is 13.4. The molecule has 1 heterocycles. The average Bonchev–Trinajstić information content (AvgIpc) is 2.86. The van der Waals surface area contributed by atoms with E-state index in [-0.39, 0.29) is 23.7 Å². The molecule has 6 heteroatoms. The Kier molecular flexibility index (Phi) is 8.12. The van der Waals surface area contributed by atoms with E-state index in [1.807, 2.05) is 61.2 Å². The van der Waals surface area contributed by atoms with Crippen LogP contribution in [0, 0.1) is 19.8 Å². The third kappa shape index (κ3) is 5.63. The number of fused-ring (bicyclic) bond motifs is 1. The molecule has 1 aliphatic rings. The second-order valence-corrected chi connectivity index (χ2v) is 10.7. The lowest BCUT2D eigenvalue weighted by Gasteiger charge is -2.33. The Morgan fingerprint density at radius 1 is 1.06 bits per heavy atom. The van der Waals surface area contributed by atoms with Crippen molar-refractivity contribution in [2.45, 2.75) is 85.2 Å². The molecule has 1 saturated carbocycles. The van der Waals surface area contributed by atoms with Crippen molar-refractivity contribution in [3.05, 3.63) is 69.8 Å². The monoisotopic (exact) mass is 488 g/mol. The van der Waals surface area contributed by atoms with E-state index in [1.54, 1.807) is 4.57 Å². The summed E-state index contributed by atoms with van der Waals surface area (Å²) < 4.78 is 1.70. The molecule has 192 valence electrons. The van der Waals surface area contributed by atoms with Gasteiger partial charge in [0.05, 0.1) is 22.6 Å². The summed E-state index contributed by atoms with van der Waals surface area (Å²) in [5.74, 6) is 1.04. The van der Waals surface area contributed by atoms with E-state index < -0.39 is 0 Å². The van der Waals surface area contributed by atoms with Crippen LogP contribution in [0.1, 0.15) is 82.3 Å². The van der Waals surface area contributed by atoms with E-state index in [9.17, 15) is 9.59 Å². The zero-order valence-corrected chi connectivity index (χ0v) is 22.4. The summed E-state index contributed by atoms with van der Waals surface area (Å²) in [6.07, 6.45) is 6.49. The molecule has 1 fully saturated rings. The van der Waals surface area contributed by atoms with E-state index in [0.717, 1.165) is 43.4 Å². The number of rotatable bonds is 7. The van der Waals surface area contributed by atoms with Crippen LogP contribution in [0.3, 0.4) is 0 Å². The number of para-hydroxylation sites is 1. The number of aryl methyl sites for hydroxylation is 2.